The van der Waals surface area contributed by atoms with Gasteiger partial charge >= 0.3 is 0 Å². The Hall–Kier alpha value is -0.0800. The Kier molecular flexibility index (Phi) is 2.02. The summed E-state index contributed by atoms with van der Waals surface area (Å²) in [4.78, 5) is 0. The minimum atomic E-state index is -0.141. The Bertz CT molecular complexity index is 110. The predicted octanol–water partition coefficient (Wildman–Crippen LogP) is 0.885. The molecule has 0 saturated heterocycles. The Labute approximate surface area is 62.4 Å². The van der Waals surface area contributed by atoms with Gasteiger partial charge in [0.2, 0.25) is 0 Å². The molecule has 0 aromatic heterocycles. The Morgan fingerprint density at radius 3 is 2.10 bits per heavy atom. The summed E-state index contributed by atoms with van der Waals surface area (Å²) in [7, 11) is 0. The summed E-state index contributed by atoms with van der Waals surface area (Å²) in [5.74, 6) is 0. The fraction of sp³-hybridized carbons (Fsp3) is 1.00. The summed E-state index contributed by atoms with van der Waals surface area (Å²) in [5, 5.41) is 9.45. The molecule has 60 valence electrons. The molecule has 10 heavy (non-hydrogen) atoms. The first-order valence-electron chi connectivity index (χ1n) is 4.11. The van der Waals surface area contributed by atoms with E-state index in [-0.39, 0.29) is 17.6 Å². The zero-order chi connectivity index (χ0) is 7.78. The lowest BCUT2D eigenvalue weighted by molar-refractivity contribution is -0.0890. The highest BCUT2D eigenvalue weighted by atomic mass is 16.3. The van der Waals surface area contributed by atoms with Gasteiger partial charge in [-0.15, -0.1) is 0 Å². The molecule has 0 spiro atoms. The summed E-state index contributed by atoms with van der Waals surface area (Å²) in [5.41, 5.74) is 5.86. The summed E-state index contributed by atoms with van der Waals surface area (Å²) >= 11 is 0. The van der Waals surface area contributed by atoms with Gasteiger partial charge in [0.25, 0.3) is 0 Å². The van der Waals surface area contributed by atoms with Crippen molar-refractivity contribution < 1.29 is 5.11 Å². The van der Waals surface area contributed by atoms with Crippen LogP contribution in [0.5, 0.6) is 0 Å². The SMILES string of the molecule is CCC1(CC)C(N)CC1O. The molecule has 1 aliphatic carbocycles. The smallest absolute Gasteiger partial charge is 0.0626 e. The number of aliphatic hydroxyl groups excluding tert-OH is 1. The molecule has 0 aromatic rings. The van der Waals surface area contributed by atoms with E-state index >= 15 is 0 Å². The molecule has 0 aromatic carbocycles. The molecular formula is C8H17NO. The maximum Gasteiger partial charge on any atom is 0.0626 e. The lowest BCUT2D eigenvalue weighted by atomic mass is 9.59. The molecule has 2 nitrogen and oxygen atoms in total. The molecule has 0 heterocycles. The molecule has 0 amide bonds. The highest BCUT2D eigenvalue weighted by molar-refractivity contribution is 5.03. The maximum atomic E-state index is 9.45. The van der Waals surface area contributed by atoms with E-state index in [2.05, 4.69) is 13.8 Å². The van der Waals surface area contributed by atoms with Gasteiger partial charge in [-0.05, 0) is 19.3 Å². The molecule has 1 aliphatic rings. The van der Waals surface area contributed by atoms with Crippen LogP contribution < -0.4 is 5.73 Å². The molecule has 1 fully saturated rings. The second-order valence-electron chi connectivity index (χ2n) is 3.30. The van der Waals surface area contributed by atoms with Crippen LogP contribution in [0, 0.1) is 5.41 Å². The summed E-state index contributed by atoms with van der Waals surface area (Å²) in [6.45, 7) is 4.21. The van der Waals surface area contributed by atoms with Gasteiger partial charge in [-0.3, -0.25) is 0 Å². The normalized spacial score (nSPS) is 37.2. The summed E-state index contributed by atoms with van der Waals surface area (Å²) in [6, 6.07) is 0.234. The first-order chi connectivity index (χ1) is 4.67. The third-order valence-electron chi connectivity index (χ3n) is 3.20. The van der Waals surface area contributed by atoms with Gasteiger partial charge in [0.05, 0.1) is 6.10 Å². The van der Waals surface area contributed by atoms with Crippen molar-refractivity contribution in [1.29, 1.82) is 0 Å². The highest BCUT2D eigenvalue weighted by Gasteiger charge is 2.49. The van der Waals surface area contributed by atoms with Crippen LogP contribution >= 0.6 is 0 Å². The third kappa shape index (κ3) is 0.789. The molecule has 3 N–H and O–H groups in total. The summed E-state index contributed by atoms with van der Waals surface area (Å²) in [6.07, 6.45) is 2.66. The summed E-state index contributed by atoms with van der Waals surface area (Å²) < 4.78 is 0. The van der Waals surface area contributed by atoms with Gasteiger partial charge in [0.1, 0.15) is 0 Å². The van der Waals surface area contributed by atoms with Gasteiger partial charge in [-0.2, -0.15) is 0 Å². The number of nitrogens with two attached hydrogens (primary N) is 1. The second-order valence-corrected chi connectivity index (χ2v) is 3.30. The van der Waals surface area contributed by atoms with Gasteiger partial charge in [-0.1, -0.05) is 13.8 Å². The quantitative estimate of drug-likeness (QED) is 0.603. The van der Waals surface area contributed by atoms with Crippen LogP contribution in [0.2, 0.25) is 0 Å². The number of hydrogen-bond donors (Lipinski definition) is 2. The fourth-order valence-electron chi connectivity index (χ4n) is 2.04. The van der Waals surface area contributed by atoms with Crippen molar-refractivity contribution in [3.8, 4) is 0 Å². The Morgan fingerprint density at radius 2 is 2.00 bits per heavy atom. The van der Waals surface area contributed by atoms with Crippen LogP contribution in [-0.2, 0) is 0 Å². The third-order valence-corrected chi connectivity index (χ3v) is 3.20. The number of aliphatic hydroxyl groups is 1. The molecule has 0 radical (unpaired) electrons. The monoisotopic (exact) mass is 143 g/mol. The minimum absolute atomic E-state index is 0.0556. The molecule has 0 aliphatic heterocycles. The van der Waals surface area contributed by atoms with E-state index in [0.717, 1.165) is 19.3 Å². The van der Waals surface area contributed by atoms with E-state index < -0.39 is 0 Å². The van der Waals surface area contributed by atoms with Gasteiger partial charge in [0.15, 0.2) is 0 Å². The standard InChI is InChI=1S/C8H17NO/c1-3-8(4-2)6(9)5-7(8)10/h6-7,10H,3-5,9H2,1-2H3. The molecule has 2 atom stereocenters. The Balaban J connectivity index is 2.61. The van der Waals surface area contributed by atoms with E-state index in [1.165, 1.54) is 0 Å². The fourth-order valence-corrected chi connectivity index (χ4v) is 2.04. The highest BCUT2D eigenvalue weighted by Crippen LogP contribution is 2.45. The van der Waals surface area contributed by atoms with Crippen LogP contribution in [0.4, 0.5) is 0 Å². The van der Waals surface area contributed by atoms with Crippen molar-refractivity contribution in [2.24, 2.45) is 11.1 Å². The zero-order valence-corrected chi connectivity index (χ0v) is 6.80. The van der Waals surface area contributed by atoms with Crippen LogP contribution in [0.3, 0.4) is 0 Å². The van der Waals surface area contributed by atoms with Crippen molar-refractivity contribution in [3.05, 3.63) is 0 Å². The molecular weight excluding hydrogens is 126 g/mol. The Morgan fingerprint density at radius 1 is 1.50 bits per heavy atom. The van der Waals surface area contributed by atoms with Gasteiger partial charge in [-0.25, -0.2) is 0 Å². The van der Waals surface area contributed by atoms with E-state index in [1.54, 1.807) is 0 Å². The molecule has 1 saturated carbocycles. The maximum absolute atomic E-state index is 9.45. The second kappa shape index (κ2) is 2.51. The van der Waals surface area contributed by atoms with E-state index in [0.29, 0.717) is 0 Å². The zero-order valence-electron chi connectivity index (χ0n) is 6.80. The molecule has 0 bridgehead atoms. The predicted molar refractivity (Wildman–Crippen MR) is 41.6 cm³/mol. The van der Waals surface area contributed by atoms with Crippen molar-refractivity contribution in [2.75, 3.05) is 0 Å². The first-order valence-corrected chi connectivity index (χ1v) is 4.11. The van der Waals surface area contributed by atoms with Crippen LogP contribution in [0.1, 0.15) is 33.1 Å². The van der Waals surface area contributed by atoms with E-state index in [1.807, 2.05) is 0 Å². The minimum Gasteiger partial charge on any atom is -0.392 e. The van der Waals surface area contributed by atoms with Crippen LogP contribution in [0.15, 0.2) is 0 Å². The van der Waals surface area contributed by atoms with E-state index in [4.69, 9.17) is 5.73 Å². The van der Waals surface area contributed by atoms with Crippen LogP contribution in [-0.4, -0.2) is 17.3 Å². The van der Waals surface area contributed by atoms with Gasteiger partial charge < -0.3 is 10.8 Å². The first kappa shape index (κ1) is 8.02. The van der Waals surface area contributed by atoms with Crippen molar-refractivity contribution in [3.63, 3.8) is 0 Å². The van der Waals surface area contributed by atoms with Crippen LogP contribution in [0.25, 0.3) is 0 Å². The van der Waals surface area contributed by atoms with E-state index in [9.17, 15) is 5.11 Å². The average molecular weight is 143 g/mol. The molecule has 2 unspecified atom stereocenters. The largest absolute Gasteiger partial charge is 0.392 e. The molecule has 2 heteroatoms. The van der Waals surface area contributed by atoms with Crippen molar-refractivity contribution >= 4 is 0 Å². The lowest BCUT2D eigenvalue weighted by Crippen LogP contribution is -2.60. The van der Waals surface area contributed by atoms with Crippen molar-refractivity contribution in [2.45, 2.75) is 45.3 Å². The number of hydrogen-bond acceptors (Lipinski definition) is 2. The number of rotatable bonds is 2. The lowest BCUT2D eigenvalue weighted by Gasteiger charge is -2.51. The van der Waals surface area contributed by atoms with Gasteiger partial charge in [0, 0.05) is 11.5 Å². The van der Waals surface area contributed by atoms with Crippen molar-refractivity contribution in [1.82, 2.24) is 0 Å². The topological polar surface area (TPSA) is 46.2 Å². The average Bonchev–Trinajstić information content (AvgIpc) is 1.91. The molecule has 1 rings (SSSR count).